The Hall–Kier alpha value is -6.46. The summed E-state index contributed by atoms with van der Waals surface area (Å²) >= 11 is 0. The fourth-order valence-corrected chi connectivity index (χ4v) is 8.86. The molecule has 8 bridgehead atoms. The Balaban J connectivity index is 0.00000356. The van der Waals surface area contributed by atoms with Crippen LogP contribution in [-0.2, 0) is 71.3 Å². The average molecular weight is 790 g/mol. The number of rotatable bonds is 0. The molecule has 0 N–H and O–H groups in total. The fourth-order valence-electron chi connectivity index (χ4n) is 8.86. The van der Waals surface area contributed by atoms with E-state index in [4.69, 9.17) is 39.9 Å². The number of benzene rings is 4. The van der Waals surface area contributed by atoms with Crippen LogP contribution in [0.2, 0.25) is 0 Å². The predicted molar refractivity (Wildman–Crippen MR) is 218 cm³/mol. The molecule has 0 unspecified atom stereocenters. The molecule has 13 rings (SSSR count). The third-order valence-electron chi connectivity index (χ3n) is 11.8. The Labute approximate surface area is 337 Å². The number of fused-ring (bicyclic) bond motifs is 24. The first-order chi connectivity index (χ1) is 27.7. The van der Waals surface area contributed by atoms with Gasteiger partial charge in [0.25, 0.3) is 0 Å². The van der Waals surface area contributed by atoms with E-state index in [1.807, 2.05) is 24.9 Å². The van der Waals surface area contributed by atoms with Crippen molar-refractivity contribution in [2.75, 3.05) is 0 Å². The second kappa shape index (κ2) is 12.3. The number of nitrogens with zero attached hydrogens (tertiary/aromatic N) is 12. The van der Waals surface area contributed by atoms with Crippen molar-refractivity contribution in [1.29, 1.82) is 0 Å². The molecular weight excluding hydrogens is 762 g/mol. The molecule has 0 saturated carbocycles. The molecule has 0 fully saturated rings. The van der Waals surface area contributed by atoms with Crippen molar-refractivity contribution < 1.29 is 19.5 Å². The molecule has 0 atom stereocenters. The van der Waals surface area contributed by atoms with Gasteiger partial charge in [-0.25, -0.2) is 9.97 Å². The zero-order chi connectivity index (χ0) is 36.5. The number of hydrogen-bond acceptors (Lipinski definition) is 10. The van der Waals surface area contributed by atoms with E-state index in [0.717, 1.165) is 91.7 Å². The molecule has 13 heteroatoms. The molecule has 57 heavy (non-hydrogen) atoms. The van der Waals surface area contributed by atoms with Crippen LogP contribution in [0.15, 0.2) is 68.5 Å². The Morgan fingerprint density at radius 2 is 0.579 bits per heavy atom. The first-order valence-electron chi connectivity index (χ1n) is 19.0. The summed E-state index contributed by atoms with van der Waals surface area (Å²) in [6.45, 7) is 2.45. The Morgan fingerprint density at radius 1 is 0.316 bits per heavy atom. The van der Waals surface area contributed by atoms with E-state index in [1.165, 1.54) is 22.3 Å². The van der Waals surface area contributed by atoms with Gasteiger partial charge in [0.1, 0.15) is 0 Å². The zero-order valence-electron chi connectivity index (χ0n) is 30.7. The van der Waals surface area contributed by atoms with E-state index >= 15 is 0 Å². The predicted octanol–water partition coefficient (Wildman–Crippen LogP) is 6.63. The van der Waals surface area contributed by atoms with Crippen LogP contribution in [0.25, 0.3) is 89.7 Å². The molecule has 0 amide bonds. The van der Waals surface area contributed by atoms with Crippen molar-refractivity contribution in [2.45, 2.75) is 51.9 Å². The van der Waals surface area contributed by atoms with Gasteiger partial charge in [0.05, 0.1) is 49.5 Å². The van der Waals surface area contributed by atoms with Gasteiger partial charge in [-0.3, -0.25) is 20.0 Å². The van der Waals surface area contributed by atoms with Crippen molar-refractivity contribution in [3.05, 3.63) is 93.0 Å². The molecule has 0 radical (unpaired) electrons. The first kappa shape index (κ1) is 32.8. The van der Waals surface area contributed by atoms with E-state index in [9.17, 15) is 0 Å². The second-order valence-electron chi connectivity index (χ2n) is 15.1. The minimum atomic E-state index is 0. The van der Waals surface area contributed by atoms with Gasteiger partial charge in [-0.15, -0.1) is 0 Å². The first-order valence-corrected chi connectivity index (χ1v) is 19.0. The van der Waals surface area contributed by atoms with Gasteiger partial charge >= 0.3 is 19.5 Å². The summed E-state index contributed by atoms with van der Waals surface area (Å²) < 4.78 is 0. The van der Waals surface area contributed by atoms with E-state index in [-0.39, 0.29) is 19.5 Å². The van der Waals surface area contributed by atoms with Crippen LogP contribution >= 0.6 is 0 Å². The van der Waals surface area contributed by atoms with Crippen LogP contribution in [0.1, 0.15) is 44.5 Å². The van der Waals surface area contributed by atoms with Crippen molar-refractivity contribution in [3.8, 4) is 45.6 Å². The van der Waals surface area contributed by atoms with Crippen LogP contribution < -0.4 is 9.97 Å². The van der Waals surface area contributed by atoms with Gasteiger partial charge in [0.15, 0.2) is 0 Å². The van der Waals surface area contributed by atoms with Gasteiger partial charge in [-0.1, -0.05) is 0 Å². The Bertz CT molecular complexity index is 2860. The molecule has 9 heterocycles. The third kappa shape index (κ3) is 5.01. The van der Waals surface area contributed by atoms with Crippen molar-refractivity contribution >= 4 is 69.0 Å². The fraction of sp³-hybridized carbons (Fsp3) is 0.182. The second-order valence-corrected chi connectivity index (χ2v) is 15.1. The van der Waals surface area contributed by atoms with Gasteiger partial charge < -0.3 is 29.9 Å². The van der Waals surface area contributed by atoms with Crippen LogP contribution in [0.4, 0.5) is 0 Å². The molecular formula is C44H28N12Zn. The summed E-state index contributed by atoms with van der Waals surface area (Å²) in [5.41, 5.74) is 15.3. The third-order valence-corrected chi connectivity index (χ3v) is 11.8. The molecule has 3 aromatic heterocycles. The molecule has 7 aromatic rings. The van der Waals surface area contributed by atoms with Crippen molar-refractivity contribution in [1.82, 2.24) is 39.9 Å². The molecule has 6 aliphatic rings. The normalized spacial score (nSPS) is 15.4. The van der Waals surface area contributed by atoms with Crippen LogP contribution in [-0.4, -0.2) is 54.8 Å². The topological polar surface area (TPSA) is 155 Å². The van der Waals surface area contributed by atoms with E-state index in [1.54, 1.807) is 0 Å². The summed E-state index contributed by atoms with van der Waals surface area (Å²) in [6.07, 6.45) is 10.9. The Kier molecular flexibility index (Phi) is 7.05. The minimum Gasteiger partial charge on any atom is -0.357 e. The van der Waals surface area contributed by atoms with Crippen molar-refractivity contribution in [3.63, 3.8) is 0 Å². The molecule has 266 valence electrons. The zero-order valence-corrected chi connectivity index (χ0v) is 33.6. The summed E-state index contributed by atoms with van der Waals surface area (Å²) in [7, 11) is 0. The van der Waals surface area contributed by atoms with Gasteiger partial charge in [0, 0.05) is 95.4 Å². The van der Waals surface area contributed by atoms with Gasteiger partial charge in [-0.05, 0) is 115 Å². The smallest absolute Gasteiger partial charge is 0.357 e. The maximum Gasteiger partial charge on any atom is 2.00 e. The summed E-state index contributed by atoms with van der Waals surface area (Å²) in [6, 6.07) is 17.5. The van der Waals surface area contributed by atoms with Crippen LogP contribution in [0, 0.1) is 0 Å². The summed E-state index contributed by atoms with van der Waals surface area (Å²) in [4.78, 5) is 60.0. The van der Waals surface area contributed by atoms with Crippen LogP contribution in [0.5, 0.6) is 0 Å². The molecule has 12 nitrogen and oxygen atoms in total. The summed E-state index contributed by atoms with van der Waals surface area (Å²) in [5.74, 6) is 2.21. The number of aromatic nitrogens is 8. The largest absolute Gasteiger partial charge is 2.00 e. The van der Waals surface area contributed by atoms with E-state index in [2.05, 4.69) is 68.5 Å². The maximum absolute atomic E-state index is 5.26. The molecule has 0 spiro atoms. The quantitative estimate of drug-likeness (QED) is 0.155. The molecule has 6 aliphatic heterocycles. The monoisotopic (exact) mass is 788 g/mol. The maximum atomic E-state index is 5.26. The SMILES string of the molecule is C1=NCc2cc3c(cc2C1)-c1nc-3nc2[n-]c(nc3nc(nc4[n-]c(n1)c1cc5c(cc41)CN=CC5)-c1cc4c(cc1-3)CC=NC4)c1cc3c(cc21)CC=NC3.[Zn+2]. The minimum absolute atomic E-state index is 0. The van der Waals surface area contributed by atoms with Gasteiger partial charge in [-0.2, -0.15) is 0 Å². The summed E-state index contributed by atoms with van der Waals surface area (Å²) in [5, 5.41) is 3.62. The standard InChI is InChI=1S/C44H28N12.Zn/c1-5-45-17-25-13-33-29(9-21(1)25)37-49-38-30-10-22-2-6-47-19-27(22)15-35(30)43(51-38)56-44-36-16-28-20-48-8-4-24(28)12-32(36)40(55-44)54-42-34-14-26-18-46-7-3-23(26)11-31(34)39(53-42)52-41(33)50-37;/h5-16H,1-4,17-20H2;/q-2;+2. The van der Waals surface area contributed by atoms with E-state index in [0.29, 0.717) is 72.1 Å². The molecule has 4 aromatic carbocycles. The molecule has 0 aliphatic carbocycles. The van der Waals surface area contributed by atoms with Crippen LogP contribution in [0.3, 0.4) is 0 Å². The number of hydrogen-bond donors (Lipinski definition) is 0. The van der Waals surface area contributed by atoms with E-state index < -0.39 is 0 Å². The average Bonchev–Trinajstić information content (AvgIpc) is 3.95. The molecule has 0 saturated heterocycles. The van der Waals surface area contributed by atoms with Gasteiger partial charge in [0.2, 0.25) is 0 Å². The number of aliphatic imine (C=N–C) groups is 4. The Morgan fingerprint density at radius 3 is 0.912 bits per heavy atom. The van der Waals surface area contributed by atoms with Crippen molar-refractivity contribution in [2.24, 2.45) is 20.0 Å².